The molecule has 0 nitrogen and oxygen atoms in total. The molecule has 0 atom stereocenters. The Morgan fingerprint density at radius 3 is 1.24 bits per heavy atom. The van der Waals surface area contributed by atoms with Gasteiger partial charge in [0.1, 0.15) is 0 Å². The predicted molar refractivity (Wildman–Crippen MR) is 132 cm³/mol. The van der Waals surface area contributed by atoms with Crippen molar-refractivity contribution in [1.82, 2.24) is 0 Å². The Morgan fingerprint density at radius 2 is 0.966 bits per heavy atom. The third-order valence-electron chi connectivity index (χ3n) is 5.86. The second-order valence-corrected chi connectivity index (χ2v) is 10.4. The van der Waals surface area contributed by atoms with Crippen LogP contribution >= 0.6 is 0 Å². The highest BCUT2D eigenvalue weighted by Gasteiger charge is 2.23. The Bertz CT molecular complexity index is 958. The van der Waals surface area contributed by atoms with Gasteiger partial charge in [-0.15, -0.1) is 0 Å². The van der Waals surface area contributed by atoms with Gasteiger partial charge in [0.25, 0.3) is 0 Å². The first-order valence-corrected chi connectivity index (χ1v) is 10.8. The van der Waals surface area contributed by atoms with E-state index in [4.69, 9.17) is 5.48 Å². The number of rotatable bonds is 5. The summed E-state index contributed by atoms with van der Waals surface area (Å²) < 4.78 is 35.7. The van der Waals surface area contributed by atoms with E-state index in [1.807, 2.05) is 62.3 Å². The first kappa shape index (κ1) is 18.2. The molecule has 0 amide bonds. The maximum absolute atomic E-state index is 9.03. The van der Waals surface area contributed by atoms with E-state index in [0.717, 1.165) is 44.5 Å². The van der Waals surface area contributed by atoms with Crippen LogP contribution in [0.3, 0.4) is 0 Å². The lowest BCUT2D eigenvalue weighted by Crippen LogP contribution is -2.14. The number of hydrogen-bond acceptors (Lipinski definition) is 0. The van der Waals surface area contributed by atoms with Crippen LogP contribution in [0, 0.1) is 6.92 Å². The first-order valence-electron chi connectivity index (χ1n) is 12.8. The maximum atomic E-state index is 9.03. The lowest BCUT2D eigenvalue weighted by atomic mass is 9.76. The molecule has 0 saturated heterocycles. The van der Waals surface area contributed by atoms with Crippen LogP contribution in [0.2, 0.25) is 0 Å². The average molecular weight is 397 g/mol. The first-order chi connectivity index (χ1) is 14.5. The van der Waals surface area contributed by atoms with Crippen LogP contribution in [-0.4, -0.2) is 0 Å². The van der Waals surface area contributed by atoms with E-state index in [1.165, 1.54) is 0 Å². The zero-order valence-electron chi connectivity index (χ0n) is 24.8. The lowest BCUT2D eigenvalue weighted by molar-refractivity contribution is 0.587. The Labute approximate surface area is 186 Å². The Hall–Kier alpha value is -1.56. The van der Waals surface area contributed by atoms with Gasteiger partial charge in [0, 0.05) is 5.48 Å². The number of hydrogen-bond donors (Lipinski definition) is 0. The lowest BCUT2D eigenvalue weighted by Gasteiger charge is -2.28. The van der Waals surface area contributed by atoms with Gasteiger partial charge in [0.2, 0.25) is 0 Å². The van der Waals surface area contributed by atoms with E-state index >= 15 is 0 Å². The summed E-state index contributed by atoms with van der Waals surface area (Å²) >= 11 is 0. The highest BCUT2D eigenvalue weighted by Crippen LogP contribution is 2.42. The normalized spacial score (nSPS) is 16.1. The van der Waals surface area contributed by atoms with E-state index in [9.17, 15) is 0 Å². The van der Waals surface area contributed by atoms with Gasteiger partial charge >= 0.3 is 0 Å². The monoisotopic (exact) mass is 396 g/mol. The second-order valence-electron chi connectivity index (χ2n) is 10.4. The largest absolute Gasteiger partial charge is 0.0587 e. The zero-order chi connectivity index (χ0) is 25.9. The van der Waals surface area contributed by atoms with Crippen molar-refractivity contribution >= 4 is 0 Å². The van der Waals surface area contributed by atoms with Crippen molar-refractivity contribution in [2.45, 2.75) is 112 Å². The van der Waals surface area contributed by atoms with Gasteiger partial charge in [0.15, 0.2) is 0 Å². The third kappa shape index (κ3) is 4.96. The molecule has 2 rings (SSSR count). The summed E-state index contributed by atoms with van der Waals surface area (Å²) in [6.45, 7) is 23.6. The van der Waals surface area contributed by atoms with Gasteiger partial charge in [-0.3, -0.25) is 0 Å². The molecular weight excluding hydrogens is 348 g/mol. The summed E-state index contributed by atoms with van der Waals surface area (Å²) in [4.78, 5) is 0. The van der Waals surface area contributed by atoms with Crippen LogP contribution in [0.4, 0.5) is 0 Å². The fourth-order valence-corrected chi connectivity index (χ4v) is 4.07. The average Bonchev–Trinajstić information content (AvgIpc) is 2.56. The minimum absolute atomic E-state index is 0.117. The molecule has 0 unspecified atom stereocenters. The van der Waals surface area contributed by atoms with Gasteiger partial charge < -0.3 is 0 Å². The molecule has 2 aromatic rings. The molecule has 2 aromatic carbocycles. The topological polar surface area (TPSA) is 0 Å². The molecule has 0 aliphatic carbocycles. The van der Waals surface area contributed by atoms with Crippen LogP contribution in [0.15, 0.2) is 24.3 Å². The van der Waals surface area contributed by atoms with Crippen molar-refractivity contribution in [2.24, 2.45) is 0 Å². The van der Waals surface area contributed by atoms with Gasteiger partial charge in [-0.25, -0.2) is 0 Å². The van der Waals surface area contributed by atoms with Crippen molar-refractivity contribution in [2.75, 3.05) is 0 Å². The highest BCUT2D eigenvalue weighted by atomic mass is 14.3. The summed E-state index contributed by atoms with van der Waals surface area (Å²) in [5.74, 6) is -3.43. The van der Waals surface area contributed by atoms with Gasteiger partial charge in [-0.05, 0) is 80.4 Å². The summed E-state index contributed by atoms with van der Waals surface area (Å²) in [6, 6.07) is 8.39. The van der Waals surface area contributed by atoms with Gasteiger partial charge in [-0.2, -0.15) is 0 Å². The fraction of sp³-hybridized carbons (Fsp3) is 0.586. The quantitative estimate of drug-likeness (QED) is 0.472. The Morgan fingerprint density at radius 1 is 0.621 bits per heavy atom. The summed E-state index contributed by atoms with van der Waals surface area (Å²) in [5, 5.41) is 0. The molecule has 0 fully saturated rings. The van der Waals surface area contributed by atoms with E-state index in [1.54, 1.807) is 0 Å². The molecule has 0 aliphatic rings. The van der Waals surface area contributed by atoms with Gasteiger partial charge in [-0.1, -0.05) is 100 Å². The van der Waals surface area contributed by atoms with Crippen LogP contribution < -0.4 is 0 Å². The predicted octanol–water partition coefficient (Wildman–Crippen LogP) is 9.45. The van der Waals surface area contributed by atoms with E-state index in [2.05, 4.69) is 45.0 Å². The van der Waals surface area contributed by atoms with Crippen LogP contribution in [0.5, 0.6) is 0 Å². The molecule has 0 N–H and O–H groups in total. The molecule has 0 heteroatoms. The minimum atomic E-state index is -0.880. The summed E-state index contributed by atoms with van der Waals surface area (Å²) in [5.41, 5.74) is 7.32. The molecule has 29 heavy (non-hydrogen) atoms. The molecule has 0 radical (unpaired) electrons. The standard InChI is InChI=1S/C29H44/c1-17(2)24-13-22(14-25(18(3)4)21(24)9)28-26(19(5)6)15-23(29(10,11)12)16-27(28)20(7)8/h13-20H,1-12H3/i17D,18D,19D,20D. The SMILES string of the molecule is [2H]C(C)(C)c1cc(-c2c(C([2H])(C)C)cc(C(C)(C)C)cc2C([2H])(C)C)cc(C([2H])(C)C)c1C. The molecule has 0 spiro atoms. The van der Waals surface area contributed by atoms with Gasteiger partial charge in [0.05, 0.1) is 0 Å². The molecule has 0 aliphatic heterocycles. The molecule has 0 heterocycles. The maximum Gasteiger partial charge on any atom is 0.0347 e. The summed E-state index contributed by atoms with van der Waals surface area (Å²) in [6.07, 6.45) is 0. The fourth-order valence-electron chi connectivity index (χ4n) is 4.07. The van der Waals surface area contributed by atoms with Crippen LogP contribution in [0.25, 0.3) is 11.1 Å². The van der Waals surface area contributed by atoms with E-state index in [0.29, 0.717) is 0 Å². The van der Waals surface area contributed by atoms with E-state index in [-0.39, 0.29) is 5.41 Å². The van der Waals surface area contributed by atoms with Crippen molar-refractivity contribution in [3.8, 4) is 11.1 Å². The smallest absolute Gasteiger partial charge is 0.0347 e. The molecule has 0 bridgehead atoms. The molecule has 160 valence electrons. The zero-order valence-corrected chi connectivity index (χ0v) is 20.8. The number of benzene rings is 2. The Balaban J connectivity index is 3.18. The third-order valence-corrected chi connectivity index (χ3v) is 5.86. The van der Waals surface area contributed by atoms with Crippen LogP contribution in [0.1, 0.15) is 139 Å². The Kier molecular flexibility index (Phi) is 5.45. The minimum Gasteiger partial charge on any atom is -0.0587 e. The van der Waals surface area contributed by atoms with Crippen molar-refractivity contribution in [3.05, 3.63) is 57.6 Å². The molecular formula is C29H44. The molecule has 0 saturated carbocycles. The van der Waals surface area contributed by atoms with Crippen molar-refractivity contribution in [1.29, 1.82) is 0 Å². The van der Waals surface area contributed by atoms with Crippen molar-refractivity contribution in [3.63, 3.8) is 0 Å². The van der Waals surface area contributed by atoms with Crippen LogP contribution in [-0.2, 0) is 5.41 Å². The summed E-state index contributed by atoms with van der Waals surface area (Å²) in [7, 11) is 0. The van der Waals surface area contributed by atoms with Crippen molar-refractivity contribution < 1.29 is 5.48 Å². The highest BCUT2D eigenvalue weighted by molar-refractivity contribution is 5.75. The second kappa shape index (κ2) is 8.66. The van der Waals surface area contributed by atoms with E-state index < -0.39 is 23.6 Å². The molecule has 0 aromatic heterocycles.